The van der Waals surface area contributed by atoms with Gasteiger partial charge in [-0.25, -0.2) is 0 Å². The van der Waals surface area contributed by atoms with E-state index in [2.05, 4.69) is 34.1 Å². The summed E-state index contributed by atoms with van der Waals surface area (Å²) in [6.07, 6.45) is 6.22. The van der Waals surface area contributed by atoms with Crippen LogP contribution in [0.15, 0.2) is 54.6 Å². The lowest BCUT2D eigenvalue weighted by Crippen LogP contribution is -2.46. The maximum absolute atomic E-state index is 13.2. The Morgan fingerprint density at radius 1 is 0.938 bits per heavy atom. The summed E-state index contributed by atoms with van der Waals surface area (Å²) in [6.45, 7) is 5.49. The van der Waals surface area contributed by atoms with Crippen molar-refractivity contribution in [2.24, 2.45) is 0 Å². The number of amides is 2. The minimum absolute atomic E-state index is 0.0341. The highest BCUT2D eigenvalue weighted by atomic mass is 16.5. The molecule has 2 aromatic rings. The summed E-state index contributed by atoms with van der Waals surface area (Å²) in [4.78, 5) is 32.2. The van der Waals surface area contributed by atoms with Crippen molar-refractivity contribution in [1.29, 1.82) is 0 Å². The second-order valence-corrected chi connectivity index (χ2v) is 8.66. The van der Waals surface area contributed by atoms with E-state index in [0.717, 1.165) is 51.3 Å². The van der Waals surface area contributed by atoms with E-state index >= 15 is 0 Å². The maximum Gasteiger partial charge on any atom is 0.263 e. The number of carbonyl (C=O) groups is 2. The number of benzene rings is 2. The highest BCUT2D eigenvalue weighted by Crippen LogP contribution is 2.33. The molecular weight excluding hydrogens is 402 g/mol. The van der Waals surface area contributed by atoms with Crippen LogP contribution in [-0.2, 0) is 4.74 Å². The molecule has 6 nitrogen and oxygen atoms in total. The average molecular weight is 432 g/mol. The number of anilines is 1. The molecule has 6 heteroatoms. The lowest BCUT2D eigenvalue weighted by Gasteiger charge is -2.36. The number of hydrogen-bond acceptors (Lipinski definition) is 5. The summed E-state index contributed by atoms with van der Waals surface area (Å²) in [5.74, 6) is -0.364. The molecule has 1 unspecified atom stereocenters. The molecule has 166 valence electrons. The summed E-state index contributed by atoms with van der Waals surface area (Å²) in [6, 6.07) is 16.0. The number of ether oxygens (including phenoxy) is 1. The predicted molar refractivity (Wildman–Crippen MR) is 125 cm³/mol. The second kappa shape index (κ2) is 9.27. The van der Waals surface area contributed by atoms with Crippen LogP contribution in [-0.4, -0.2) is 73.6 Å². The smallest absolute Gasteiger partial charge is 0.263 e. The third kappa shape index (κ3) is 4.20. The molecule has 0 aliphatic carbocycles. The molecule has 0 aromatic heterocycles. The Bertz CT molecular complexity index is 1010. The first-order valence-electron chi connectivity index (χ1n) is 11.5. The van der Waals surface area contributed by atoms with Gasteiger partial charge in [0.1, 0.15) is 0 Å². The van der Waals surface area contributed by atoms with E-state index in [-0.39, 0.29) is 17.9 Å². The van der Waals surface area contributed by atoms with Gasteiger partial charge in [0.15, 0.2) is 0 Å². The number of nitrogens with zero attached hydrogens (tertiary/aromatic N) is 3. The molecule has 0 saturated carbocycles. The number of piperazine rings is 1. The average Bonchev–Trinajstić information content (AvgIpc) is 3.43. The fourth-order valence-electron chi connectivity index (χ4n) is 4.81. The number of rotatable bonds is 6. The van der Waals surface area contributed by atoms with Crippen LogP contribution >= 0.6 is 0 Å². The molecule has 5 rings (SSSR count). The minimum Gasteiger partial charge on any atom is -0.376 e. The second-order valence-electron chi connectivity index (χ2n) is 8.66. The van der Waals surface area contributed by atoms with E-state index in [1.54, 1.807) is 6.07 Å². The first kappa shape index (κ1) is 20.9. The first-order valence-corrected chi connectivity index (χ1v) is 11.5. The Morgan fingerprint density at radius 2 is 1.75 bits per heavy atom. The van der Waals surface area contributed by atoms with Crippen molar-refractivity contribution in [3.63, 3.8) is 0 Å². The summed E-state index contributed by atoms with van der Waals surface area (Å²) in [5, 5.41) is 0. The third-order valence-electron chi connectivity index (χ3n) is 6.57. The van der Waals surface area contributed by atoms with Gasteiger partial charge in [-0.05, 0) is 30.5 Å². The van der Waals surface area contributed by atoms with Crippen LogP contribution in [0.4, 0.5) is 5.69 Å². The fourth-order valence-corrected chi connectivity index (χ4v) is 4.81. The zero-order chi connectivity index (χ0) is 21.9. The molecular formula is C26H29N3O3. The first-order chi connectivity index (χ1) is 15.7. The van der Waals surface area contributed by atoms with E-state index in [1.807, 2.05) is 30.3 Å². The van der Waals surface area contributed by atoms with Gasteiger partial charge in [-0.1, -0.05) is 48.6 Å². The molecule has 2 aromatic carbocycles. The standard InChI is InChI=1S/C26H29N3O3/c30-25-22-11-4-12-23(24(22)26(31)29(25)19-21-10-6-18-32-21)28-16-14-27(15-17-28)13-5-9-20-7-2-1-3-8-20/h1-5,7-9,11-12,21H,6,10,13-19H2. The van der Waals surface area contributed by atoms with Gasteiger partial charge in [-0.15, -0.1) is 0 Å². The zero-order valence-corrected chi connectivity index (χ0v) is 18.3. The van der Waals surface area contributed by atoms with Gasteiger partial charge in [0.25, 0.3) is 11.8 Å². The van der Waals surface area contributed by atoms with Crippen LogP contribution in [0.1, 0.15) is 39.1 Å². The number of carbonyl (C=O) groups excluding carboxylic acids is 2. The van der Waals surface area contributed by atoms with Gasteiger partial charge in [-0.3, -0.25) is 19.4 Å². The van der Waals surface area contributed by atoms with Crippen LogP contribution < -0.4 is 4.90 Å². The normalized spacial score (nSPS) is 21.7. The van der Waals surface area contributed by atoms with Gasteiger partial charge in [0.2, 0.25) is 0 Å². The van der Waals surface area contributed by atoms with Crippen molar-refractivity contribution in [3.8, 4) is 0 Å². The lowest BCUT2D eigenvalue weighted by atomic mass is 10.1. The number of fused-ring (bicyclic) bond motifs is 1. The molecule has 32 heavy (non-hydrogen) atoms. The van der Waals surface area contributed by atoms with E-state index < -0.39 is 0 Å². The van der Waals surface area contributed by atoms with Crippen molar-refractivity contribution in [2.75, 3.05) is 50.8 Å². The van der Waals surface area contributed by atoms with Gasteiger partial charge in [0, 0.05) is 39.3 Å². The monoisotopic (exact) mass is 431 g/mol. The Balaban J connectivity index is 1.23. The molecule has 2 amide bonds. The SMILES string of the molecule is O=C1c2cccc(N3CCN(CC=Cc4ccccc4)CC3)c2C(=O)N1CC1CCCO1. The summed E-state index contributed by atoms with van der Waals surface area (Å²) in [5.41, 5.74) is 3.18. The molecule has 3 aliphatic rings. The molecule has 1 atom stereocenters. The zero-order valence-electron chi connectivity index (χ0n) is 18.3. The summed E-state index contributed by atoms with van der Waals surface area (Å²) in [7, 11) is 0. The van der Waals surface area contributed by atoms with E-state index in [1.165, 1.54) is 10.5 Å². The summed E-state index contributed by atoms with van der Waals surface area (Å²) < 4.78 is 5.66. The van der Waals surface area contributed by atoms with Gasteiger partial charge in [0.05, 0.1) is 29.5 Å². The Kier molecular flexibility index (Phi) is 6.06. The van der Waals surface area contributed by atoms with Crippen molar-refractivity contribution < 1.29 is 14.3 Å². The Labute approximate surface area is 189 Å². The Morgan fingerprint density at radius 3 is 2.50 bits per heavy atom. The van der Waals surface area contributed by atoms with E-state index in [4.69, 9.17) is 4.74 Å². The third-order valence-corrected chi connectivity index (χ3v) is 6.57. The largest absolute Gasteiger partial charge is 0.376 e. The van der Waals surface area contributed by atoms with Gasteiger partial charge < -0.3 is 9.64 Å². The van der Waals surface area contributed by atoms with Gasteiger partial charge in [-0.2, -0.15) is 0 Å². The molecule has 0 radical (unpaired) electrons. The summed E-state index contributed by atoms with van der Waals surface area (Å²) >= 11 is 0. The van der Waals surface area contributed by atoms with Crippen LogP contribution in [0.2, 0.25) is 0 Å². The molecule has 2 fully saturated rings. The number of hydrogen-bond donors (Lipinski definition) is 0. The van der Waals surface area contributed by atoms with Crippen LogP contribution in [0.3, 0.4) is 0 Å². The molecule has 0 bridgehead atoms. The highest BCUT2D eigenvalue weighted by molar-refractivity contribution is 6.23. The van der Waals surface area contributed by atoms with Crippen molar-refractivity contribution >= 4 is 23.6 Å². The fraction of sp³-hybridized carbons (Fsp3) is 0.385. The lowest BCUT2D eigenvalue weighted by molar-refractivity contribution is 0.0475. The predicted octanol–water partition coefficient (Wildman–Crippen LogP) is 3.30. The van der Waals surface area contributed by atoms with Crippen molar-refractivity contribution in [3.05, 3.63) is 71.3 Å². The van der Waals surface area contributed by atoms with E-state index in [9.17, 15) is 9.59 Å². The van der Waals surface area contributed by atoms with Crippen molar-refractivity contribution in [1.82, 2.24) is 9.80 Å². The van der Waals surface area contributed by atoms with Crippen LogP contribution in [0.25, 0.3) is 6.08 Å². The molecule has 0 N–H and O–H groups in total. The van der Waals surface area contributed by atoms with Crippen LogP contribution in [0.5, 0.6) is 0 Å². The van der Waals surface area contributed by atoms with Crippen LogP contribution in [0, 0.1) is 0 Å². The molecule has 3 aliphatic heterocycles. The van der Waals surface area contributed by atoms with E-state index in [0.29, 0.717) is 24.3 Å². The number of imide groups is 1. The Hall–Kier alpha value is -2.96. The molecule has 0 spiro atoms. The molecule has 3 heterocycles. The highest BCUT2D eigenvalue weighted by Gasteiger charge is 2.40. The quantitative estimate of drug-likeness (QED) is 0.657. The molecule has 2 saturated heterocycles. The van der Waals surface area contributed by atoms with Crippen molar-refractivity contribution in [2.45, 2.75) is 18.9 Å². The minimum atomic E-state index is -0.188. The topological polar surface area (TPSA) is 53.1 Å². The maximum atomic E-state index is 13.2. The van der Waals surface area contributed by atoms with Gasteiger partial charge >= 0.3 is 0 Å².